The van der Waals surface area contributed by atoms with Gasteiger partial charge in [0.05, 0.1) is 11.0 Å². The average Bonchev–Trinajstić information content (AvgIpc) is 2.09. The molecule has 1 heterocycles. The third-order valence-electron chi connectivity index (χ3n) is 1.85. The van der Waals surface area contributed by atoms with Gasteiger partial charge in [0.25, 0.3) is 5.56 Å². The number of fused-ring (bicyclic) bond motifs is 1. The molecule has 0 aliphatic carbocycles. The van der Waals surface area contributed by atoms with Gasteiger partial charge in [-0.2, -0.15) is 0 Å². The Labute approximate surface area is 88.3 Å². The summed E-state index contributed by atoms with van der Waals surface area (Å²) in [5.74, 6) is 0. The molecule has 0 aliphatic rings. The molecule has 0 fully saturated rings. The van der Waals surface area contributed by atoms with Crippen LogP contribution < -0.4 is 5.56 Å². The Hall–Kier alpha value is -0.910. The highest BCUT2D eigenvalue weighted by Gasteiger charge is 2.01. The third kappa shape index (κ3) is 1.46. The van der Waals surface area contributed by atoms with Gasteiger partial charge in [0, 0.05) is 3.57 Å². The standard InChI is InChI=1S/C9H7IN2O/c1-5-9(13)12-8-6(10)3-2-4-7(8)11-5/h2-4H,1H3,(H,12,13). The van der Waals surface area contributed by atoms with Crippen LogP contribution in [0, 0.1) is 10.5 Å². The van der Waals surface area contributed by atoms with E-state index in [1.54, 1.807) is 6.92 Å². The number of aryl methyl sites for hydroxylation is 1. The molecule has 1 aromatic heterocycles. The number of hydrogen-bond acceptors (Lipinski definition) is 2. The largest absolute Gasteiger partial charge is 0.318 e. The Kier molecular flexibility index (Phi) is 2.07. The maximum absolute atomic E-state index is 11.3. The fourth-order valence-corrected chi connectivity index (χ4v) is 1.78. The average molecular weight is 286 g/mol. The Bertz CT molecular complexity index is 518. The summed E-state index contributed by atoms with van der Waals surface area (Å²) >= 11 is 2.18. The van der Waals surface area contributed by atoms with E-state index in [0.29, 0.717) is 5.69 Å². The van der Waals surface area contributed by atoms with E-state index in [2.05, 4.69) is 32.6 Å². The van der Waals surface area contributed by atoms with Crippen LogP contribution in [-0.4, -0.2) is 9.97 Å². The summed E-state index contributed by atoms with van der Waals surface area (Å²) in [6, 6.07) is 5.76. The van der Waals surface area contributed by atoms with E-state index in [4.69, 9.17) is 0 Å². The highest BCUT2D eigenvalue weighted by molar-refractivity contribution is 14.1. The maximum Gasteiger partial charge on any atom is 0.269 e. The number of nitrogens with one attached hydrogen (secondary N) is 1. The van der Waals surface area contributed by atoms with Gasteiger partial charge in [0.1, 0.15) is 5.69 Å². The number of benzene rings is 1. The number of H-pyrrole nitrogens is 1. The first-order chi connectivity index (χ1) is 6.18. The van der Waals surface area contributed by atoms with E-state index >= 15 is 0 Å². The number of rotatable bonds is 0. The second-order valence-electron chi connectivity index (χ2n) is 2.79. The molecular formula is C9H7IN2O. The van der Waals surface area contributed by atoms with Crippen LogP contribution in [0.4, 0.5) is 0 Å². The van der Waals surface area contributed by atoms with E-state index in [9.17, 15) is 4.79 Å². The van der Waals surface area contributed by atoms with Crippen LogP contribution in [0.5, 0.6) is 0 Å². The van der Waals surface area contributed by atoms with Gasteiger partial charge in [-0.05, 0) is 41.6 Å². The van der Waals surface area contributed by atoms with Gasteiger partial charge in [0.15, 0.2) is 0 Å². The summed E-state index contributed by atoms with van der Waals surface area (Å²) in [5, 5.41) is 0. The summed E-state index contributed by atoms with van der Waals surface area (Å²) in [4.78, 5) is 18.3. The summed E-state index contributed by atoms with van der Waals surface area (Å²) in [6.07, 6.45) is 0. The fourth-order valence-electron chi connectivity index (χ4n) is 1.17. The zero-order chi connectivity index (χ0) is 9.42. The van der Waals surface area contributed by atoms with E-state index in [0.717, 1.165) is 14.6 Å². The molecule has 0 saturated heterocycles. The summed E-state index contributed by atoms with van der Waals surface area (Å²) in [6.45, 7) is 1.71. The predicted molar refractivity (Wildman–Crippen MR) is 59.8 cm³/mol. The molecule has 66 valence electrons. The molecule has 2 aromatic rings. The summed E-state index contributed by atoms with van der Waals surface area (Å²) in [5.41, 5.74) is 2.05. The quantitative estimate of drug-likeness (QED) is 0.751. The molecule has 2 rings (SSSR count). The Balaban J connectivity index is 2.97. The number of hydrogen-bond donors (Lipinski definition) is 1. The minimum Gasteiger partial charge on any atom is -0.318 e. The van der Waals surface area contributed by atoms with Crippen molar-refractivity contribution in [3.8, 4) is 0 Å². The van der Waals surface area contributed by atoms with Crippen molar-refractivity contribution in [1.82, 2.24) is 9.97 Å². The van der Waals surface area contributed by atoms with Crippen molar-refractivity contribution in [2.24, 2.45) is 0 Å². The Morgan fingerprint density at radius 3 is 3.00 bits per heavy atom. The molecule has 0 amide bonds. The lowest BCUT2D eigenvalue weighted by molar-refractivity contribution is 1.12. The molecule has 0 aliphatic heterocycles. The van der Waals surface area contributed by atoms with E-state index in [1.165, 1.54) is 0 Å². The molecule has 0 unspecified atom stereocenters. The summed E-state index contributed by atoms with van der Waals surface area (Å²) < 4.78 is 1.01. The Morgan fingerprint density at radius 2 is 2.23 bits per heavy atom. The first-order valence-electron chi connectivity index (χ1n) is 3.83. The van der Waals surface area contributed by atoms with Gasteiger partial charge < -0.3 is 4.98 Å². The van der Waals surface area contributed by atoms with E-state index in [-0.39, 0.29) is 5.56 Å². The topological polar surface area (TPSA) is 45.8 Å². The normalized spacial score (nSPS) is 10.6. The van der Waals surface area contributed by atoms with Crippen LogP contribution in [0.3, 0.4) is 0 Å². The second-order valence-corrected chi connectivity index (χ2v) is 3.95. The van der Waals surface area contributed by atoms with Crippen molar-refractivity contribution >= 4 is 33.6 Å². The number of halogens is 1. The van der Waals surface area contributed by atoms with Gasteiger partial charge in [-0.3, -0.25) is 4.79 Å². The van der Waals surface area contributed by atoms with Crippen LogP contribution in [0.2, 0.25) is 0 Å². The SMILES string of the molecule is Cc1nc2cccc(I)c2[nH]c1=O. The van der Waals surface area contributed by atoms with E-state index in [1.807, 2.05) is 18.2 Å². The Morgan fingerprint density at radius 1 is 1.46 bits per heavy atom. The molecule has 0 bridgehead atoms. The highest BCUT2D eigenvalue weighted by atomic mass is 127. The van der Waals surface area contributed by atoms with Crippen LogP contribution >= 0.6 is 22.6 Å². The van der Waals surface area contributed by atoms with Gasteiger partial charge in [-0.1, -0.05) is 6.07 Å². The molecule has 3 nitrogen and oxygen atoms in total. The minimum atomic E-state index is -0.114. The van der Waals surface area contributed by atoms with Crippen LogP contribution in [0.15, 0.2) is 23.0 Å². The zero-order valence-electron chi connectivity index (χ0n) is 6.97. The lowest BCUT2D eigenvalue weighted by atomic mass is 10.3. The summed E-state index contributed by atoms with van der Waals surface area (Å²) in [7, 11) is 0. The third-order valence-corrected chi connectivity index (χ3v) is 2.75. The van der Waals surface area contributed by atoms with Crippen LogP contribution in [0.25, 0.3) is 11.0 Å². The predicted octanol–water partition coefficient (Wildman–Crippen LogP) is 1.84. The van der Waals surface area contributed by atoms with Crippen molar-refractivity contribution in [3.63, 3.8) is 0 Å². The second kappa shape index (κ2) is 3.10. The maximum atomic E-state index is 11.3. The van der Waals surface area contributed by atoms with Crippen molar-refractivity contribution in [2.75, 3.05) is 0 Å². The first kappa shape index (κ1) is 8.68. The number of aromatic amines is 1. The number of para-hydroxylation sites is 1. The molecule has 0 spiro atoms. The smallest absolute Gasteiger partial charge is 0.269 e. The molecule has 0 atom stereocenters. The molecule has 13 heavy (non-hydrogen) atoms. The fraction of sp³-hybridized carbons (Fsp3) is 0.111. The lowest BCUT2D eigenvalue weighted by Crippen LogP contribution is -2.11. The van der Waals surface area contributed by atoms with Crippen LogP contribution in [0.1, 0.15) is 5.69 Å². The zero-order valence-corrected chi connectivity index (χ0v) is 9.12. The van der Waals surface area contributed by atoms with E-state index < -0.39 is 0 Å². The number of nitrogens with zero attached hydrogens (tertiary/aromatic N) is 1. The van der Waals surface area contributed by atoms with Crippen molar-refractivity contribution < 1.29 is 0 Å². The monoisotopic (exact) mass is 286 g/mol. The lowest BCUT2D eigenvalue weighted by Gasteiger charge is -1.99. The van der Waals surface area contributed by atoms with Gasteiger partial charge in [-0.15, -0.1) is 0 Å². The molecule has 1 N–H and O–H groups in total. The van der Waals surface area contributed by atoms with Crippen molar-refractivity contribution in [2.45, 2.75) is 6.92 Å². The van der Waals surface area contributed by atoms with Crippen molar-refractivity contribution in [3.05, 3.63) is 37.8 Å². The molecule has 0 radical (unpaired) electrons. The van der Waals surface area contributed by atoms with Gasteiger partial charge in [-0.25, -0.2) is 4.98 Å². The van der Waals surface area contributed by atoms with Gasteiger partial charge in [0.2, 0.25) is 0 Å². The molecule has 1 aromatic carbocycles. The number of aromatic nitrogens is 2. The highest BCUT2D eigenvalue weighted by Crippen LogP contribution is 2.14. The molecule has 4 heteroatoms. The van der Waals surface area contributed by atoms with Crippen molar-refractivity contribution in [1.29, 1.82) is 0 Å². The van der Waals surface area contributed by atoms with Crippen LogP contribution in [-0.2, 0) is 0 Å². The first-order valence-corrected chi connectivity index (χ1v) is 4.91. The molecular weight excluding hydrogens is 279 g/mol. The minimum absolute atomic E-state index is 0.114. The molecule has 0 saturated carbocycles. The van der Waals surface area contributed by atoms with Gasteiger partial charge >= 0.3 is 0 Å².